The van der Waals surface area contributed by atoms with Crippen LogP contribution in [-0.2, 0) is 20.8 Å². The van der Waals surface area contributed by atoms with Gasteiger partial charge in [-0.25, -0.2) is 15.3 Å². The van der Waals surface area contributed by atoms with Crippen molar-refractivity contribution in [3.8, 4) is 11.3 Å². The topological polar surface area (TPSA) is 76.2 Å². The highest BCUT2D eigenvalue weighted by molar-refractivity contribution is 6.31. The lowest BCUT2D eigenvalue weighted by atomic mass is 10.1. The van der Waals surface area contributed by atoms with Crippen LogP contribution in [0.3, 0.4) is 0 Å². The number of carbonyl (C=O) groups is 1. The van der Waals surface area contributed by atoms with Gasteiger partial charge >= 0.3 is 0 Å². The number of hydroxylamine groups is 1. The van der Waals surface area contributed by atoms with Gasteiger partial charge in [-0.2, -0.15) is 0 Å². The van der Waals surface area contributed by atoms with Crippen LogP contribution < -0.4 is 5.48 Å². The fraction of sp³-hybridized carbons (Fsp3) is 0.250. The first-order valence-corrected chi connectivity index (χ1v) is 10.7. The minimum atomic E-state index is -0.358. The summed E-state index contributed by atoms with van der Waals surface area (Å²) in [6.45, 7) is 0.667. The predicted molar refractivity (Wildman–Crippen MR) is 120 cm³/mol. The van der Waals surface area contributed by atoms with Crippen molar-refractivity contribution in [3.05, 3.63) is 82.8 Å². The zero-order valence-corrected chi connectivity index (χ0v) is 17.8. The third kappa shape index (κ3) is 6.04. The molecule has 0 spiro atoms. The Morgan fingerprint density at radius 3 is 2.74 bits per heavy atom. The molecule has 0 aliphatic carbocycles. The van der Waals surface area contributed by atoms with E-state index in [0.717, 1.165) is 47.5 Å². The van der Waals surface area contributed by atoms with Crippen LogP contribution in [0.4, 0.5) is 0 Å². The Morgan fingerprint density at radius 1 is 1.19 bits per heavy atom. The molecular formula is C24H24ClN3O3. The molecule has 1 fully saturated rings. The van der Waals surface area contributed by atoms with E-state index in [0.29, 0.717) is 18.2 Å². The maximum atomic E-state index is 11.9. The summed E-state index contributed by atoms with van der Waals surface area (Å²) in [6, 6.07) is 17.8. The highest BCUT2D eigenvalue weighted by Gasteiger charge is 2.15. The second-order valence-electron chi connectivity index (χ2n) is 7.34. The second-order valence-corrected chi connectivity index (χ2v) is 7.72. The Kier molecular flexibility index (Phi) is 7.14. The monoisotopic (exact) mass is 437 g/mol. The maximum absolute atomic E-state index is 11.9. The van der Waals surface area contributed by atoms with E-state index in [-0.39, 0.29) is 12.2 Å². The number of nitrogens with zero attached hydrogens (tertiary/aromatic N) is 1. The summed E-state index contributed by atoms with van der Waals surface area (Å²) >= 11 is 6.33. The van der Waals surface area contributed by atoms with E-state index in [9.17, 15) is 4.79 Å². The summed E-state index contributed by atoms with van der Waals surface area (Å²) in [5, 5.41) is 0.535. The molecule has 2 N–H and O–H groups in total. The highest BCUT2D eigenvalue weighted by atomic mass is 35.5. The predicted octanol–water partition coefficient (Wildman–Crippen LogP) is 4.91. The molecule has 0 radical (unpaired) electrons. The van der Waals surface area contributed by atoms with E-state index in [1.807, 2.05) is 54.6 Å². The molecule has 1 atom stereocenters. The molecule has 7 heteroatoms. The number of amides is 1. The lowest BCUT2D eigenvalue weighted by Gasteiger charge is -2.21. The lowest BCUT2D eigenvalue weighted by molar-refractivity contribution is -0.198. The number of carbonyl (C=O) groups excluding carboxylic acids is 1. The zero-order chi connectivity index (χ0) is 21.5. The fourth-order valence-electron chi connectivity index (χ4n) is 3.34. The molecule has 1 saturated heterocycles. The molecular weight excluding hydrogens is 414 g/mol. The van der Waals surface area contributed by atoms with Crippen molar-refractivity contribution in [2.75, 3.05) is 6.61 Å². The molecule has 0 bridgehead atoms. The third-order valence-corrected chi connectivity index (χ3v) is 5.24. The van der Waals surface area contributed by atoms with E-state index in [1.165, 1.54) is 6.08 Å². The second kappa shape index (κ2) is 10.4. The van der Waals surface area contributed by atoms with Gasteiger partial charge in [-0.15, -0.1) is 0 Å². The molecule has 0 saturated carbocycles. The van der Waals surface area contributed by atoms with E-state index in [1.54, 1.807) is 6.08 Å². The number of nitrogens with one attached hydrogen (secondary N) is 2. The van der Waals surface area contributed by atoms with Gasteiger partial charge in [-0.3, -0.25) is 4.79 Å². The minimum Gasteiger partial charge on any atom is -0.350 e. The number of hydrogen-bond donors (Lipinski definition) is 2. The van der Waals surface area contributed by atoms with Gasteiger partial charge in [0.15, 0.2) is 6.29 Å². The smallest absolute Gasteiger partial charge is 0.267 e. The average molecular weight is 438 g/mol. The van der Waals surface area contributed by atoms with Gasteiger partial charge in [-0.05, 0) is 30.0 Å². The Morgan fingerprint density at radius 2 is 2.00 bits per heavy atom. The molecule has 1 unspecified atom stereocenters. The number of aromatic nitrogens is 2. The Hall–Kier alpha value is -2.93. The summed E-state index contributed by atoms with van der Waals surface area (Å²) in [5.41, 5.74) is 6.14. The Labute approximate surface area is 186 Å². The van der Waals surface area contributed by atoms with Crippen molar-refractivity contribution < 1.29 is 14.4 Å². The molecule has 6 nitrogen and oxygen atoms in total. The van der Waals surface area contributed by atoms with Crippen molar-refractivity contribution in [1.29, 1.82) is 0 Å². The van der Waals surface area contributed by atoms with Crippen molar-refractivity contribution in [3.63, 3.8) is 0 Å². The number of rotatable bonds is 7. The van der Waals surface area contributed by atoms with Crippen molar-refractivity contribution >= 4 is 23.6 Å². The van der Waals surface area contributed by atoms with Gasteiger partial charge < -0.3 is 9.72 Å². The van der Waals surface area contributed by atoms with E-state index in [4.69, 9.17) is 21.2 Å². The lowest BCUT2D eigenvalue weighted by Crippen LogP contribution is -2.32. The number of aromatic amines is 1. The molecule has 1 aliphatic rings. The van der Waals surface area contributed by atoms with Gasteiger partial charge in [0.1, 0.15) is 16.7 Å². The number of ether oxygens (including phenoxy) is 1. The number of imidazole rings is 1. The van der Waals surface area contributed by atoms with E-state index >= 15 is 0 Å². The van der Waals surface area contributed by atoms with Gasteiger partial charge in [-0.1, -0.05) is 66.2 Å². The minimum absolute atomic E-state index is 0.322. The molecule has 1 aromatic heterocycles. The molecule has 1 amide bonds. The van der Waals surface area contributed by atoms with E-state index < -0.39 is 0 Å². The van der Waals surface area contributed by atoms with Crippen LogP contribution in [0, 0.1) is 0 Å². The zero-order valence-electron chi connectivity index (χ0n) is 17.0. The number of benzene rings is 2. The molecule has 31 heavy (non-hydrogen) atoms. The Balaban J connectivity index is 1.31. The molecule has 160 valence electrons. The largest absolute Gasteiger partial charge is 0.350 e. The molecule has 1 aliphatic heterocycles. The van der Waals surface area contributed by atoms with Gasteiger partial charge in [0.25, 0.3) is 5.91 Å². The normalized spacial score (nSPS) is 16.5. The van der Waals surface area contributed by atoms with Crippen molar-refractivity contribution in [2.45, 2.75) is 32.0 Å². The van der Waals surface area contributed by atoms with Crippen molar-refractivity contribution in [1.82, 2.24) is 15.4 Å². The van der Waals surface area contributed by atoms with Gasteiger partial charge in [0.05, 0.1) is 0 Å². The van der Waals surface area contributed by atoms with Gasteiger partial charge in [0.2, 0.25) is 0 Å². The molecule has 2 heterocycles. The number of halogens is 1. The fourth-order valence-corrected chi connectivity index (χ4v) is 3.60. The summed E-state index contributed by atoms with van der Waals surface area (Å²) < 4.78 is 5.41. The Bertz CT molecular complexity index is 1030. The molecule has 4 rings (SSSR count). The average Bonchev–Trinajstić information content (AvgIpc) is 3.18. The quantitative estimate of drug-likeness (QED) is 0.407. The van der Waals surface area contributed by atoms with Crippen LogP contribution in [0.1, 0.15) is 36.2 Å². The van der Waals surface area contributed by atoms with Gasteiger partial charge in [0, 0.05) is 31.1 Å². The van der Waals surface area contributed by atoms with Crippen LogP contribution in [0.25, 0.3) is 17.3 Å². The first kappa shape index (κ1) is 21.3. The number of H-pyrrole nitrogens is 1. The highest BCUT2D eigenvalue weighted by Crippen LogP contribution is 2.26. The SMILES string of the molecule is O=C(/C=C/c1ccc(Cc2nc(-c3ccccc3)c(Cl)[nH]2)cc1)NOC1CCCCO1. The third-order valence-electron chi connectivity index (χ3n) is 4.96. The van der Waals surface area contributed by atoms with Crippen LogP contribution in [0.2, 0.25) is 5.15 Å². The first-order chi connectivity index (χ1) is 15.2. The van der Waals surface area contributed by atoms with Crippen LogP contribution in [0.15, 0.2) is 60.7 Å². The van der Waals surface area contributed by atoms with E-state index in [2.05, 4.69) is 15.4 Å². The number of hydrogen-bond acceptors (Lipinski definition) is 4. The summed E-state index contributed by atoms with van der Waals surface area (Å²) in [4.78, 5) is 25.0. The summed E-state index contributed by atoms with van der Waals surface area (Å²) in [7, 11) is 0. The first-order valence-electron chi connectivity index (χ1n) is 10.3. The summed E-state index contributed by atoms with van der Waals surface area (Å²) in [6.07, 6.45) is 6.32. The molecule has 3 aromatic rings. The molecule has 2 aromatic carbocycles. The summed E-state index contributed by atoms with van der Waals surface area (Å²) in [5.74, 6) is 0.477. The standard InChI is InChI=1S/C24H24ClN3O3/c25-24-23(19-6-2-1-3-7-19)26-20(27-24)16-18-11-9-17(10-12-18)13-14-21(29)28-31-22-8-4-5-15-30-22/h1-3,6-7,9-14,22H,4-5,8,15-16H2,(H,26,27)(H,28,29)/b14-13+. The maximum Gasteiger partial charge on any atom is 0.267 e. The van der Waals surface area contributed by atoms with Crippen molar-refractivity contribution in [2.24, 2.45) is 0 Å². The van der Waals surface area contributed by atoms with Crippen LogP contribution >= 0.6 is 11.6 Å². The van der Waals surface area contributed by atoms with Crippen LogP contribution in [0.5, 0.6) is 0 Å². The van der Waals surface area contributed by atoms with Crippen LogP contribution in [-0.4, -0.2) is 28.8 Å².